The minimum absolute atomic E-state index is 0.124. The molecule has 0 bridgehead atoms. The summed E-state index contributed by atoms with van der Waals surface area (Å²) >= 11 is 0. The van der Waals surface area contributed by atoms with Crippen LogP contribution in [0.5, 0.6) is 5.75 Å². The number of rotatable bonds is 2. The van der Waals surface area contributed by atoms with Crippen LogP contribution in [-0.4, -0.2) is 45.0 Å². The third kappa shape index (κ3) is 3.39. The standard InChI is InChI=1S/C24H26FN5O/c1-13-10-30(11-14(2)26-13)18-7-16-5-6-21(27-23(16)20(25)9-18)19-8-17-12-29(4)28-22(17)15(3)24(19)31/h5-9,12-14,26,31H,10-11H2,1-4H3/t13-,14+. The Bertz CT molecular complexity index is 1300. The first kappa shape index (κ1) is 19.8. The first-order chi connectivity index (χ1) is 14.8. The molecular weight excluding hydrogens is 393 g/mol. The van der Waals surface area contributed by atoms with E-state index in [2.05, 4.69) is 34.1 Å². The van der Waals surface area contributed by atoms with Crippen LogP contribution in [0, 0.1) is 12.7 Å². The number of aryl methyl sites for hydroxylation is 2. The molecule has 0 spiro atoms. The third-order valence-electron chi connectivity index (χ3n) is 6.05. The number of hydrogen-bond donors (Lipinski definition) is 2. The smallest absolute Gasteiger partial charge is 0.151 e. The number of hydrogen-bond acceptors (Lipinski definition) is 5. The predicted octanol–water partition coefficient (Wildman–Crippen LogP) is 4.13. The summed E-state index contributed by atoms with van der Waals surface area (Å²) in [6, 6.07) is 9.82. The van der Waals surface area contributed by atoms with Gasteiger partial charge in [0.25, 0.3) is 0 Å². The summed E-state index contributed by atoms with van der Waals surface area (Å²) in [4.78, 5) is 6.80. The van der Waals surface area contributed by atoms with Gasteiger partial charge in [0, 0.05) is 66.0 Å². The van der Waals surface area contributed by atoms with Crippen molar-refractivity contribution < 1.29 is 9.50 Å². The van der Waals surface area contributed by atoms with Crippen LogP contribution in [0.2, 0.25) is 0 Å². The molecule has 6 nitrogen and oxygen atoms in total. The summed E-state index contributed by atoms with van der Waals surface area (Å²) in [5.41, 5.74) is 3.73. The normalized spacial score (nSPS) is 19.5. The number of phenols is 1. The van der Waals surface area contributed by atoms with Gasteiger partial charge in [0.1, 0.15) is 11.3 Å². The quantitative estimate of drug-likeness (QED) is 0.512. The zero-order valence-electron chi connectivity index (χ0n) is 18.1. The van der Waals surface area contributed by atoms with E-state index in [-0.39, 0.29) is 11.6 Å². The fraction of sp³-hybridized carbons (Fsp3) is 0.333. The van der Waals surface area contributed by atoms with Crippen molar-refractivity contribution >= 4 is 27.5 Å². The highest BCUT2D eigenvalue weighted by Crippen LogP contribution is 2.37. The van der Waals surface area contributed by atoms with Crippen LogP contribution in [0.15, 0.2) is 36.5 Å². The fourth-order valence-electron chi connectivity index (χ4n) is 4.68. The summed E-state index contributed by atoms with van der Waals surface area (Å²) in [6.45, 7) is 7.78. The molecule has 0 unspecified atom stereocenters. The molecule has 7 heteroatoms. The minimum Gasteiger partial charge on any atom is -0.507 e. The molecule has 2 aromatic carbocycles. The number of piperazine rings is 1. The second-order valence-corrected chi connectivity index (χ2v) is 8.71. The summed E-state index contributed by atoms with van der Waals surface area (Å²) in [5, 5.41) is 20.3. The number of nitrogens with zero attached hydrogens (tertiary/aromatic N) is 4. The van der Waals surface area contributed by atoms with Gasteiger partial charge in [-0.15, -0.1) is 0 Å². The van der Waals surface area contributed by atoms with Gasteiger partial charge in [-0.2, -0.15) is 5.10 Å². The summed E-state index contributed by atoms with van der Waals surface area (Å²) < 4.78 is 16.9. The number of aromatic nitrogens is 3. The molecular formula is C24H26FN5O. The lowest BCUT2D eigenvalue weighted by Gasteiger charge is -2.37. The van der Waals surface area contributed by atoms with Gasteiger partial charge in [-0.3, -0.25) is 4.68 Å². The van der Waals surface area contributed by atoms with Crippen molar-refractivity contribution in [1.82, 2.24) is 20.1 Å². The maximum Gasteiger partial charge on any atom is 0.151 e. The van der Waals surface area contributed by atoms with Crippen molar-refractivity contribution in [3.63, 3.8) is 0 Å². The lowest BCUT2D eigenvalue weighted by molar-refractivity contribution is 0.407. The van der Waals surface area contributed by atoms with E-state index in [0.29, 0.717) is 34.4 Å². The second kappa shape index (κ2) is 7.20. The molecule has 3 heterocycles. The highest BCUT2D eigenvalue weighted by molar-refractivity contribution is 5.92. The van der Waals surface area contributed by atoms with Gasteiger partial charge in [0.05, 0.1) is 11.2 Å². The maximum absolute atomic E-state index is 15.1. The molecule has 31 heavy (non-hydrogen) atoms. The predicted molar refractivity (Wildman–Crippen MR) is 122 cm³/mol. The van der Waals surface area contributed by atoms with Crippen molar-refractivity contribution in [3.05, 3.63) is 47.9 Å². The highest BCUT2D eigenvalue weighted by Gasteiger charge is 2.22. The van der Waals surface area contributed by atoms with Crippen molar-refractivity contribution in [1.29, 1.82) is 0 Å². The third-order valence-corrected chi connectivity index (χ3v) is 6.05. The molecule has 0 aliphatic carbocycles. The lowest BCUT2D eigenvalue weighted by Crippen LogP contribution is -2.54. The summed E-state index contributed by atoms with van der Waals surface area (Å²) in [6.07, 6.45) is 1.90. The molecule has 1 saturated heterocycles. The van der Waals surface area contributed by atoms with E-state index in [0.717, 1.165) is 35.1 Å². The van der Waals surface area contributed by atoms with E-state index < -0.39 is 0 Å². The Morgan fingerprint density at radius 3 is 2.55 bits per heavy atom. The lowest BCUT2D eigenvalue weighted by atomic mass is 10.0. The maximum atomic E-state index is 15.1. The van der Waals surface area contributed by atoms with E-state index in [1.165, 1.54) is 0 Å². The first-order valence-electron chi connectivity index (χ1n) is 10.6. The molecule has 4 aromatic rings. The monoisotopic (exact) mass is 419 g/mol. The zero-order chi connectivity index (χ0) is 21.9. The van der Waals surface area contributed by atoms with Gasteiger partial charge >= 0.3 is 0 Å². The van der Waals surface area contributed by atoms with E-state index in [4.69, 9.17) is 0 Å². The van der Waals surface area contributed by atoms with E-state index >= 15 is 4.39 Å². The molecule has 5 rings (SSSR count). The van der Waals surface area contributed by atoms with Crippen LogP contribution in [-0.2, 0) is 7.05 Å². The van der Waals surface area contributed by atoms with Crippen LogP contribution >= 0.6 is 0 Å². The first-order valence-corrected chi connectivity index (χ1v) is 10.6. The molecule has 0 saturated carbocycles. The van der Waals surface area contributed by atoms with Gasteiger partial charge in [0.15, 0.2) is 5.82 Å². The largest absolute Gasteiger partial charge is 0.507 e. The fourth-order valence-corrected chi connectivity index (χ4v) is 4.68. The SMILES string of the molecule is Cc1c(O)c(-c2ccc3cc(N4C[C@@H](C)N[C@@H](C)C4)cc(F)c3n2)cc2cn(C)nc12. The van der Waals surface area contributed by atoms with Crippen molar-refractivity contribution in [2.75, 3.05) is 18.0 Å². The molecule has 1 aliphatic heterocycles. The molecule has 160 valence electrons. The topological polar surface area (TPSA) is 66.2 Å². The average Bonchev–Trinajstić information content (AvgIpc) is 3.10. The average molecular weight is 420 g/mol. The van der Waals surface area contributed by atoms with Crippen molar-refractivity contribution in [3.8, 4) is 17.0 Å². The van der Waals surface area contributed by atoms with Crippen LogP contribution in [0.25, 0.3) is 33.1 Å². The Morgan fingerprint density at radius 2 is 1.81 bits per heavy atom. The van der Waals surface area contributed by atoms with Crippen LogP contribution in [0.3, 0.4) is 0 Å². The Labute approximate surface area is 180 Å². The number of phenolic OH excluding ortho intramolecular Hbond substituents is 1. The molecule has 2 atom stereocenters. The van der Waals surface area contributed by atoms with Crippen LogP contribution in [0.4, 0.5) is 10.1 Å². The van der Waals surface area contributed by atoms with Crippen molar-refractivity contribution in [2.45, 2.75) is 32.9 Å². The number of aromatic hydroxyl groups is 1. The van der Waals surface area contributed by atoms with Gasteiger partial charge < -0.3 is 15.3 Å². The molecule has 1 aliphatic rings. The summed E-state index contributed by atoms with van der Waals surface area (Å²) in [5.74, 6) is -0.231. The van der Waals surface area contributed by atoms with E-state index in [1.54, 1.807) is 10.7 Å². The van der Waals surface area contributed by atoms with Gasteiger partial charge in [0.2, 0.25) is 0 Å². The number of pyridine rings is 1. The highest BCUT2D eigenvalue weighted by atomic mass is 19.1. The number of benzene rings is 2. The number of nitrogens with one attached hydrogen (secondary N) is 1. The molecule has 0 radical (unpaired) electrons. The number of halogens is 1. The summed E-state index contributed by atoms with van der Waals surface area (Å²) in [7, 11) is 1.84. The molecule has 2 aromatic heterocycles. The number of fused-ring (bicyclic) bond motifs is 2. The Morgan fingerprint density at radius 1 is 1.06 bits per heavy atom. The van der Waals surface area contributed by atoms with Gasteiger partial charge in [-0.25, -0.2) is 9.37 Å². The van der Waals surface area contributed by atoms with Crippen LogP contribution in [0.1, 0.15) is 19.4 Å². The zero-order valence-corrected chi connectivity index (χ0v) is 18.1. The Hall–Kier alpha value is -3.19. The molecule has 0 amide bonds. The minimum atomic E-state index is -0.355. The van der Waals surface area contributed by atoms with Crippen LogP contribution < -0.4 is 10.2 Å². The Balaban J connectivity index is 1.59. The second-order valence-electron chi connectivity index (χ2n) is 8.71. The van der Waals surface area contributed by atoms with E-state index in [9.17, 15) is 5.11 Å². The number of anilines is 1. The molecule has 2 N–H and O–H groups in total. The van der Waals surface area contributed by atoms with Crippen molar-refractivity contribution in [2.24, 2.45) is 7.05 Å². The van der Waals surface area contributed by atoms with Gasteiger partial charge in [-0.05, 0) is 45.0 Å². The molecule has 1 fully saturated rings. The Kier molecular flexibility index (Phi) is 4.59. The van der Waals surface area contributed by atoms with Gasteiger partial charge in [-0.1, -0.05) is 6.07 Å². The van der Waals surface area contributed by atoms with E-state index in [1.807, 2.05) is 44.4 Å².